The molecule has 0 heterocycles. The average Bonchev–Trinajstić information content (AvgIpc) is 3.70. The quantitative estimate of drug-likeness (QED) is 0.236. The first-order valence-electron chi connectivity index (χ1n) is 22.8. The second-order valence-corrected chi connectivity index (χ2v) is 22.2. The molecule has 8 fully saturated rings. The molecule has 318 valence electrons. The van der Waals surface area contributed by atoms with Crippen LogP contribution < -0.4 is 0 Å². The summed E-state index contributed by atoms with van der Waals surface area (Å²) in [6.45, 7) is 12.5. The molecule has 58 heavy (non-hydrogen) atoms. The van der Waals surface area contributed by atoms with Gasteiger partial charge in [-0.25, -0.2) is 0 Å². The summed E-state index contributed by atoms with van der Waals surface area (Å²) in [5, 5.41) is 19.8. The molecule has 0 spiro atoms. The number of carboxylic acids is 2. The van der Waals surface area contributed by atoms with E-state index in [2.05, 4.69) is 13.8 Å². The summed E-state index contributed by atoms with van der Waals surface area (Å²) >= 11 is 0. The van der Waals surface area contributed by atoms with Crippen LogP contribution in [0.5, 0.6) is 0 Å². The molecule has 8 aliphatic rings. The zero-order valence-corrected chi connectivity index (χ0v) is 35.6. The molecule has 8 saturated carbocycles. The van der Waals surface area contributed by atoms with Gasteiger partial charge in [0.05, 0.1) is 0 Å². The highest BCUT2D eigenvalue weighted by atomic mass is 16.4. The van der Waals surface area contributed by atoms with Crippen LogP contribution in [0.3, 0.4) is 0 Å². The predicted octanol–water partition coefficient (Wildman–Crippen LogP) is 7.61. The molecule has 8 rings (SSSR count). The Kier molecular flexibility index (Phi) is 10.3. The van der Waals surface area contributed by atoms with E-state index in [1.165, 1.54) is 0 Å². The highest BCUT2D eigenvalue weighted by Crippen LogP contribution is 2.70. The number of hydrogen-bond donors (Lipinski definition) is 2. The van der Waals surface area contributed by atoms with Gasteiger partial charge < -0.3 is 10.2 Å². The summed E-state index contributed by atoms with van der Waals surface area (Å²) in [4.78, 5) is 109. The number of carboxylic acid groups (broad SMARTS) is 2. The van der Waals surface area contributed by atoms with Crippen molar-refractivity contribution >= 4 is 46.6 Å². The maximum atomic E-state index is 14.7. The van der Waals surface area contributed by atoms with Crippen LogP contribution in [0.15, 0.2) is 0 Å². The Balaban J connectivity index is 1.07. The molecule has 0 saturated heterocycles. The van der Waals surface area contributed by atoms with Gasteiger partial charge in [-0.1, -0.05) is 41.5 Å². The van der Waals surface area contributed by atoms with E-state index in [0.29, 0.717) is 57.8 Å². The van der Waals surface area contributed by atoms with Crippen molar-refractivity contribution in [1.29, 1.82) is 0 Å². The number of carbonyl (C=O) groups excluding carboxylic acids is 6. The lowest BCUT2D eigenvalue weighted by atomic mass is 9.42. The molecule has 0 aromatic rings. The number of fused-ring (bicyclic) bond motifs is 10. The van der Waals surface area contributed by atoms with E-state index in [9.17, 15) is 48.6 Å². The van der Waals surface area contributed by atoms with Crippen LogP contribution in [0.2, 0.25) is 0 Å². The first-order chi connectivity index (χ1) is 27.2. The molecule has 18 atom stereocenters. The van der Waals surface area contributed by atoms with Gasteiger partial charge in [0.1, 0.15) is 34.7 Å². The van der Waals surface area contributed by atoms with Crippen molar-refractivity contribution in [3.63, 3.8) is 0 Å². The molecule has 0 aromatic carbocycles. The maximum Gasteiger partial charge on any atom is 0.303 e. The third-order valence-corrected chi connectivity index (χ3v) is 20.3. The van der Waals surface area contributed by atoms with Crippen LogP contribution in [0.4, 0.5) is 0 Å². The van der Waals surface area contributed by atoms with Gasteiger partial charge in [-0.05, 0) is 121 Å². The summed E-state index contributed by atoms with van der Waals surface area (Å²) in [7, 11) is 0. The van der Waals surface area contributed by atoms with Crippen molar-refractivity contribution in [2.75, 3.05) is 0 Å². The lowest BCUT2D eigenvalue weighted by molar-refractivity contribution is -0.171. The zero-order chi connectivity index (χ0) is 42.0. The number of ketones is 6. The number of aliphatic carboxylic acids is 2. The number of carbonyl (C=O) groups is 8. The van der Waals surface area contributed by atoms with Gasteiger partial charge in [-0.15, -0.1) is 0 Å². The fourth-order valence-electron chi connectivity index (χ4n) is 17.0. The SMILES string of the molecule is C[C@H](CCC(=O)O)[C@H]1CCC2C3C(=O)CC4CC(=O)C(C(CC(=O)O)[C@@H](C)[C@H]5CC[C@H]6[C@@H]7C(=O)CC8CC(=O)CC[C@]8(C)[C@H]7CC(=O)[C@]56C)C[C@]4(C)C3CC(=O)[C@@]21C. The van der Waals surface area contributed by atoms with E-state index in [4.69, 9.17) is 0 Å². The Morgan fingerprint density at radius 3 is 1.72 bits per heavy atom. The van der Waals surface area contributed by atoms with Crippen molar-refractivity contribution in [2.45, 2.75) is 144 Å². The standard InChI is InChI=1S/C48H66O10/c1-23(7-12-41(55)56)30-8-10-32-44-35(21-39(53)47(30,32)5)46(4)22-29(36(50)16-26(46)18-38(44)52)28(19-42(57)58)24(2)31-9-11-33-43-34(20-40(54)48(31,33)6)45(3)14-13-27(49)15-25(45)17-37(43)51/h23-26,28-35,43-44H,7-22H2,1-6H3,(H,55,56)(H,57,58)/t23-,24-,25?,26?,28?,29?,30-,31-,32?,33+,34+,35?,43+,44?,45+,46+,47-,48-/m1/s1. The van der Waals surface area contributed by atoms with Gasteiger partial charge in [0.15, 0.2) is 0 Å². The van der Waals surface area contributed by atoms with Crippen molar-refractivity contribution in [3.05, 3.63) is 0 Å². The number of rotatable bonds is 9. The summed E-state index contributed by atoms with van der Waals surface area (Å²) in [5.41, 5.74) is -2.31. The van der Waals surface area contributed by atoms with Crippen LogP contribution in [0, 0.1) is 105 Å². The van der Waals surface area contributed by atoms with E-state index in [-0.39, 0.29) is 143 Å². The maximum absolute atomic E-state index is 14.7. The molecule has 0 bridgehead atoms. The second-order valence-electron chi connectivity index (χ2n) is 22.2. The van der Waals surface area contributed by atoms with E-state index in [1.807, 2.05) is 27.7 Å². The lowest BCUT2D eigenvalue weighted by Gasteiger charge is -2.60. The van der Waals surface area contributed by atoms with E-state index in [1.54, 1.807) is 0 Å². The van der Waals surface area contributed by atoms with Crippen LogP contribution in [-0.2, 0) is 38.4 Å². The fourth-order valence-corrected chi connectivity index (χ4v) is 17.0. The normalized spacial score (nSPS) is 47.5. The Labute approximate surface area is 343 Å². The minimum atomic E-state index is -0.991. The van der Waals surface area contributed by atoms with E-state index in [0.717, 1.165) is 12.8 Å². The first-order valence-corrected chi connectivity index (χ1v) is 22.8. The lowest BCUT2D eigenvalue weighted by Crippen LogP contribution is -2.61. The van der Waals surface area contributed by atoms with Crippen molar-refractivity contribution < 1.29 is 48.6 Å². The average molecular weight is 803 g/mol. The highest BCUT2D eigenvalue weighted by Gasteiger charge is 2.69. The number of hydrogen-bond acceptors (Lipinski definition) is 8. The van der Waals surface area contributed by atoms with Gasteiger partial charge >= 0.3 is 11.9 Å². The van der Waals surface area contributed by atoms with E-state index < -0.39 is 40.0 Å². The van der Waals surface area contributed by atoms with Crippen molar-refractivity contribution in [2.24, 2.45) is 105 Å². The fraction of sp³-hybridized carbons (Fsp3) is 0.833. The molecular weight excluding hydrogens is 737 g/mol. The predicted molar refractivity (Wildman–Crippen MR) is 212 cm³/mol. The largest absolute Gasteiger partial charge is 0.481 e. The molecule has 0 radical (unpaired) electrons. The monoisotopic (exact) mass is 802 g/mol. The van der Waals surface area contributed by atoms with Crippen molar-refractivity contribution in [1.82, 2.24) is 0 Å². The third-order valence-electron chi connectivity index (χ3n) is 20.3. The third kappa shape index (κ3) is 5.95. The Hall–Kier alpha value is -3.04. The summed E-state index contributed by atoms with van der Waals surface area (Å²) in [6.07, 6.45) is 6.56. The topological polar surface area (TPSA) is 177 Å². The van der Waals surface area contributed by atoms with Crippen LogP contribution >= 0.6 is 0 Å². The smallest absolute Gasteiger partial charge is 0.303 e. The minimum absolute atomic E-state index is 0.000420. The van der Waals surface area contributed by atoms with Crippen LogP contribution in [0.25, 0.3) is 0 Å². The highest BCUT2D eigenvalue weighted by molar-refractivity contribution is 5.94. The summed E-state index contributed by atoms with van der Waals surface area (Å²) in [6, 6.07) is 0. The molecule has 7 unspecified atom stereocenters. The van der Waals surface area contributed by atoms with Gasteiger partial charge in [-0.3, -0.25) is 38.4 Å². The Bertz CT molecular complexity index is 1830. The Morgan fingerprint density at radius 1 is 0.638 bits per heavy atom. The van der Waals surface area contributed by atoms with Gasteiger partial charge in [0.2, 0.25) is 0 Å². The molecule has 0 aromatic heterocycles. The van der Waals surface area contributed by atoms with E-state index >= 15 is 0 Å². The van der Waals surface area contributed by atoms with Gasteiger partial charge in [0, 0.05) is 86.4 Å². The van der Waals surface area contributed by atoms with Crippen molar-refractivity contribution in [3.8, 4) is 0 Å². The minimum Gasteiger partial charge on any atom is -0.481 e. The molecule has 0 amide bonds. The Morgan fingerprint density at radius 2 is 1.16 bits per heavy atom. The van der Waals surface area contributed by atoms with Gasteiger partial charge in [-0.2, -0.15) is 0 Å². The summed E-state index contributed by atoms with van der Waals surface area (Å²) in [5.74, 6) is -4.18. The zero-order valence-electron chi connectivity index (χ0n) is 35.6. The van der Waals surface area contributed by atoms with Crippen LogP contribution in [-0.4, -0.2) is 56.9 Å². The second kappa shape index (κ2) is 14.3. The van der Waals surface area contributed by atoms with Gasteiger partial charge in [0.25, 0.3) is 0 Å². The molecule has 10 nitrogen and oxygen atoms in total. The first kappa shape index (κ1) is 41.7. The molecule has 8 aliphatic carbocycles. The molecular formula is C48H66O10. The molecule has 0 aliphatic heterocycles. The number of Topliss-reactive ketones (excluding diaryl/α,β-unsaturated/α-hetero) is 6. The molecule has 10 heteroatoms. The molecule has 2 N–H and O–H groups in total. The van der Waals surface area contributed by atoms with Crippen LogP contribution in [0.1, 0.15) is 144 Å². The summed E-state index contributed by atoms with van der Waals surface area (Å²) < 4.78 is 0.